The molecule has 2 rings (SSSR count). The van der Waals surface area contributed by atoms with E-state index >= 15 is 0 Å². The maximum Gasteiger partial charge on any atom is 0.0314 e. The number of nitrogens with two attached hydrogens (primary N) is 1. The standard InChI is InChI=1S/C15H24N2/c1-17(15-5-3-2-4-6-15)12-11-13-7-9-14(16)10-8-13/h7-10,15H,2-6,11-12,16H2,1H3. The largest absolute Gasteiger partial charge is 0.399 e. The molecule has 0 bridgehead atoms. The Balaban J connectivity index is 1.78. The first kappa shape index (κ1) is 12.4. The van der Waals surface area contributed by atoms with Gasteiger partial charge in [0, 0.05) is 18.3 Å². The topological polar surface area (TPSA) is 29.3 Å². The van der Waals surface area contributed by atoms with Crippen LogP contribution in [0.4, 0.5) is 5.69 Å². The van der Waals surface area contributed by atoms with Crippen molar-refractivity contribution < 1.29 is 0 Å². The fraction of sp³-hybridized carbons (Fsp3) is 0.600. The van der Waals surface area contributed by atoms with Crippen molar-refractivity contribution in [3.05, 3.63) is 29.8 Å². The molecule has 2 N–H and O–H groups in total. The van der Waals surface area contributed by atoms with E-state index in [1.54, 1.807) is 0 Å². The van der Waals surface area contributed by atoms with E-state index in [4.69, 9.17) is 5.73 Å². The number of nitrogens with zero attached hydrogens (tertiary/aromatic N) is 1. The summed E-state index contributed by atoms with van der Waals surface area (Å²) in [5.74, 6) is 0. The highest BCUT2D eigenvalue weighted by Crippen LogP contribution is 2.21. The highest BCUT2D eigenvalue weighted by Gasteiger charge is 2.17. The van der Waals surface area contributed by atoms with Crippen molar-refractivity contribution in [2.45, 2.75) is 44.6 Å². The molecule has 1 aliphatic carbocycles. The van der Waals surface area contributed by atoms with Crippen LogP contribution in [0.15, 0.2) is 24.3 Å². The SMILES string of the molecule is CN(CCc1ccc(N)cc1)C1CCCCC1. The van der Waals surface area contributed by atoms with Gasteiger partial charge in [-0.2, -0.15) is 0 Å². The van der Waals surface area contributed by atoms with Crippen molar-refractivity contribution in [2.75, 3.05) is 19.3 Å². The van der Waals surface area contributed by atoms with Gasteiger partial charge in [0.25, 0.3) is 0 Å². The van der Waals surface area contributed by atoms with Crippen LogP contribution in [-0.4, -0.2) is 24.5 Å². The monoisotopic (exact) mass is 232 g/mol. The van der Waals surface area contributed by atoms with E-state index in [-0.39, 0.29) is 0 Å². The van der Waals surface area contributed by atoms with E-state index in [1.165, 1.54) is 37.7 Å². The zero-order chi connectivity index (χ0) is 12.1. The number of benzene rings is 1. The molecule has 17 heavy (non-hydrogen) atoms. The molecule has 0 aliphatic heterocycles. The molecule has 1 aliphatic rings. The van der Waals surface area contributed by atoms with Crippen LogP contribution in [0.3, 0.4) is 0 Å². The Kier molecular flexibility index (Phi) is 4.43. The average molecular weight is 232 g/mol. The number of hydrogen-bond acceptors (Lipinski definition) is 2. The van der Waals surface area contributed by atoms with Crippen molar-refractivity contribution in [2.24, 2.45) is 0 Å². The molecule has 0 atom stereocenters. The molecule has 2 heteroatoms. The van der Waals surface area contributed by atoms with Gasteiger partial charge in [-0.05, 0) is 44.0 Å². The summed E-state index contributed by atoms with van der Waals surface area (Å²) >= 11 is 0. The number of rotatable bonds is 4. The smallest absolute Gasteiger partial charge is 0.0314 e. The minimum atomic E-state index is 0.817. The summed E-state index contributed by atoms with van der Waals surface area (Å²) < 4.78 is 0. The molecule has 0 aromatic heterocycles. The minimum absolute atomic E-state index is 0.817. The van der Waals surface area contributed by atoms with Gasteiger partial charge >= 0.3 is 0 Å². The van der Waals surface area contributed by atoms with Crippen molar-refractivity contribution in [1.82, 2.24) is 4.90 Å². The van der Waals surface area contributed by atoms with Gasteiger partial charge in [-0.3, -0.25) is 0 Å². The predicted molar refractivity (Wildman–Crippen MR) is 74.1 cm³/mol. The third kappa shape index (κ3) is 3.74. The summed E-state index contributed by atoms with van der Waals surface area (Å²) in [6, 6.07) is 9.09. The van der Waals surface area contributed by atoms with Crippen molar-refractivity contribution in [3.8, 4) is 0 Å². The molecule has 0 heterocycles. The molecule has 0 unspecified atom stereocenters. The zero-order valence-corrected chi connectivity index (χ0v) is 10.9. The summed E-state index contributed by atoms with van der Waals surface area (Å²) in [5.41, 5.74) is 7.94. The molecule has 0 amide bonds. The number of nitrogen functional groups attached to an aromatic ring is 1. The number of anilines is 1. The second kappa shape index (κ2) is 6.06. The number of hydrogen-bond donors (Lipinski definition) is 1. The van der Waals surface area contributed by atoms with Gasteiger partial charge < -0.3 is 10.6 Å². The van der Waals surface area contributed by atoms with Crippen LogP contribution in [0.1, 0.15) is 37.7 Å². The minimum Gasteiger partial charge on any atom is -0.399 e. The van der Waals surface area contributed by atoms with Crippen LogP contribution in [0.2, 0.25) is 0 Å². The Bertz CT molecular complexity index is 325. The van der Waals surface area contributed by atoms with Crippen LogP contribution < -0.4 is 5.73 Å². The Hall–Kier alpha value is -1.02. The van der Waals surface area contributed by atoms with E-state index in [1.807, 2.05) is 12.1 Å². The highest BCUT2D eigenvalue weighted by molar-refractivity contribution is 5.39. The molecule has 0 radical (unpaired) electrons. The van der Waals surface area contributed by atoms with Crippen LogP contribution in [0.5, 0.6) is 0 Å². The van der Waals surface area contributed by atoms with Crippen LogP contribution in [0.25, 0.3) is 0 Å². The lowest BCUT2D eigenvalue weighted by atomic mass is 9.94. The lowest BCUT2D eigenvalue weighted by Gasteiger charge is -2.31. The van der Waals surface area contributed by atoms with E-state index in [0.29, 0.717) is 0 Å². The fourth-order valence-electron chi connectivity index (χ4n) is 2.69. The normalized spacial score (nSPS) is 17.5. The molecule has 1 saturated carbocycles. The first-order valence-corrected chi connectivity index (χ1v) is 6.80. The Morgan fingerprint density at radius 3 is 2.41 bits per heavy atom. The molecule has 1 fully saturated rings. The molecular weight excluding hydrogens is 208 g/mol. The van der Waals surface area contributed by atoms with Gasteiger partial charge in [0.2, 0.25) is 0 Å². The summed E-state index contributed by atoms with van der Waals surface area (Å²) in [4.78, 5) is 2.54. The van der Waals surface area contributed by atoms with Gasteiger partial charge in [0.1, 0.15) is 0 Å². The fourth-order valence-corrected chi connectivity index (χ4v) is 2.69. The average Bonchev–Trinajstić information content (AvgIpc) is 2.39. The first-order valence-electron chi connectivity index (χ1n) is 6.80. The van der Waals surface area contributed by atoms with Gasteiger partial charge in [-0.1, -0.05) is 31.4 Å². The summed E-state index contributed by atoms with van der Waals surface area (Å²) in [6.45, 7) is 1.16. The van der Waals surface area contributed by atoms with E-state index in [0.717, 1.165) is 24.7 Å². The lowest BCUT2D eigenvalue weighted by Crippen LogP contribution is -2.34. The molecule has 2 nitrogen and oxygen atoms in total. The maximum absolute atomic E-state index is 5.69. The zero-order valence-electron chi connectivity index (χ0n) is 10.9. The van der Waals surface area contributed by atoms with Gasteiger partial charge in [0.15, 0.2) is 0 Å². The lowest BCUT2D eigenvalue weighted by molar-refractivity contribution is 0.194. The third-order valence-corrected chi connectivity index (χ3v) is 3.93. The quantitative estimate of drug-likeness (QED) is 0.808. The van der Waals surface area contributed by atoms with Crippen molar-refractivity contribution in [1.29, 1.82) is 0 Å². The summed E-state index contributed by atoms with van der Waals surface area (Å²) in [6.07, 6.45) is 8.17. The third-order valence-electron chi connectivity index (χ3n) is 3.93. The second-order valence-corrected chi connectivity index (χ2v) is 5.26. The Morgan fingerprint density at radius 2 is 1.76 bits per heavy atom. The first-order chi connectivity index (χ1) is 8.25. The molecule has 0 spiro atoms. The van der Waals surface area contributed by atoms with E-state index < -0.39 is 0 Å². The molecule has 1 aromatic rings. The van der Waals surface area contributed by atoms with Gasteiger partial charge in [-0.15, -0.1) is 0 Å². The van der Waals surface area contributed by atoms with Crippen molar-refractivity contribution in [3.63, 3.8) is 0 Å². The van der Waals surface area contributed by atoms with Gasteiger partial charge in [-0.25, -0.2) is 0 Å². The van der Waals surface area contributed by atoms with E-state index in [9.17, 15) is 0 Å². The molecule has 0 saturated heterocycles. The van der Waals surface area contributed by atoms with E-state index in [2.05, 4.69) is 24.1 Å². The molecular formula is C15H24N2. The van der Waals surface area contributed by atoms with Crippen molar-refractivity contribution >= 4 is 5.69 Å². The highest BCUT2D eigenvalue weighted by atomic mass is 15.1. The van der Waals surface area contributed by atoms with Crippen LogP contribution in [-0.2, 0) is 6.42 Å². The number of likely N-dealkylation sites (N-methyl/N-ethyl adjacent to an activating group) is 1. The summed E-state index contributed by atoms with van der Waals surface area (Å²) in [7, 11) is 2.27. The van der Waals surface area contributed by atoms with Crippen LogP contribution >= 0.6 is 0 Å². The summed E-state index contributed by atoms with van der Waals surface area (Å²) in [5, 5.41) is 0. The molecule has 94 valence electrons. The van der Waals surface area contributed by atoms with Crippen LogP contribution in [0, 0.1) is 0 Å². The molecule has 1 aromatic carbocycles. The predicted octanol–water partition coefficient (Wildman–Crippen LogP) is 3.08. The Morgan fingerprint density at radius 1 is 1.12 bits per heavy atom. The Labute approximate surface area is 105 Å². The maximum atomic E-state index is 5.69. The van der Waals surface area contributed by atoms with Gasteiger partial charge in [0.05, 0.1) is 0 Å². The second-order valence-electron chi connectivity index (χ2n) is 5.26.